The first-order chi connectivity index (χ1) is 10.8. The molecule has 11 nitrogen and oxygen atoms in total. The molecule has 1 aliphatic rings. The van der Waals surface area contributed by atoms with E-state index in [1.54, 1.807) is 0 Å². The van der Waals surface area contributed by atoms with Crippen molar-refractivity contribution in [3.05, 3.63) is 10.4 Å². The van der Waals surface area contributed by atoms with Crippen LogP contribution in [0.3, 0.4) is 0 Å². The zero-order valence-corrected chi connectivity index (χ0v) is 12.7. The summed E-state index contributed by atoms with van der Waals surface area (Å²) in [4.78, 5) is 36.0. The maximum atomic E-state index is 11.3. The van der Waals surface area contributed by atoms with E-state index in [0.717, 1.165) is 20.8 Å². The van der Waals surface area contributed by atoms with Crippen LogP contribution in [-0.4, -0.2) is 60.3 Å². The van der Waals surface area contributed by atoms with Gasteiger partial charge in [0.2, 0.25) is 0 Å². The molecule has 5 atom stereocenters. The lowest BCUT2D eigenvalue weighted by Gasteiger charge is -2.41. The minimum Gasteiger partial charge on any atom is -0.463 e. The van der Waals surface area contributed by atoms with Crippen LogP contribution in [0.25, 0.3) is 10.4 Å². The average Bonchev–Trinajstić information content (AvgIpc) is 2.42. The summed E-state index contributed by atoms with van der Waals surface area (Å²) in [5.41, 5.74) is 8.57. The highest BCUT2D eigenvalue weighted by atomic mass is 16.7. The third-order valence-electron chi connectivity index (χ3n) is 2.87. The Morgan fingerprint density at radius 2 is 1.70 bits per heavy atom. The number of aliphatic hydroxyl groups excluding tert-OH is 1. The highest BCUT2D eigenvalue weighted by Crippen LogP contribution is 2.28. The molecule has 0 bridgehead atoms. The van der Waals surface area contributed by atoms with Gasteiger partial charge < -0.3 is 24.1 Å². The lowest BCUT2D eigenvalue weighted by molar-refractivity contribution is -0.260. The van der Waals surface area contributed by atoms with E-state index in [0.29, 0.717) is 0 Å². The summed E-state index contributed by atoms with van der Waals surface area (Å²) in [5.74, 6) is -2.09. The second-order valence-corrected chi connectivity index (χ2v) is 4.71. The smallest absolute Gasteiger partial charge is 0.303 e. The maximum Gasteiger partial charge on any atom is 0.303 e. The van der Waals surface area contributed by atoms with Crippen LogP contribution < -0.4 is 0 Å². The van der Waals surface area contributed by atoms with Crippen molar-refractivity contribution in [1.29, 1.82) is 0 Å². The molecular weight excluding hydrogens is 314 g/mol. The summed E-state index contributed by atoms with van der Waals surface area (Å²) < 4.78 is 20.0. The largest absolute Gasteiger partial charge is 0.463 e. The molecule has 11 heteroatoms. The van der Waals surface area contributed by atoms with Gasteiger partial charge in [-0.2, -0.15) is 0 Å². The summed E-state index contributed by atoms with van der Waals surface area (Å²) in [5, 5.41) is 13.2. The summed E-state index contributed by atoms with van der Waals surface area (Å²) in [6, 6.07) is -1.33. The number of rotatable bonds is 5. The molecule has 1 fully saturated rings. The number of hydrogen-bond donors (Lipinski definition) is 1. The second-order valence-electron chi connectivity index (χ2n) is 4.71. The highest BCUT2D eigenvalue weighted by Gasteiger charge is 2.49. The van der Waals surface area contributed by atoms with Gasteiger partial charge in [-0.15, -0.1) is 0 Å². The zero-order valence-electron chi connectivity index (χ0n) is 12.7. The number of nitrogens with zero attached hydrogens (tertiary/aromatic N) is 3. The first kappa shape index (κ1) is 18.7. The Balaban J connectivity index is 3.11. The van der Waals surface area contributed by atoms with Gasteiger partial charge in [-0.3, -0.25) is 14.4 Å². The minimum absolute atomic E-state index is 0.356. The molecule has 0 spiro atoms. The van der Waals surface area contributed by atoms with Gasteiger partial charge in [-0.25, -0.2) is 0 Å². The molecular formula is C12H17N3O8. The summed E-state index contributed by atoms with van der Waals surface area (Å²) >= 11 is 0. The van der Waals surface area contributed by atoms with Crippen LogP contribution in [0.15, 0.2) is 5.11 Å². The zero-order chi connectivity index (χ0) is 17.6. The van der Waals surface area contributed by atoms with Crippen molar-refractivity contribution in [1.82, 2.24) is 0 Å². The van der Waals surface area contributed by atoms with E-state index in [4.69, 9.17) is 24.5 Å². The van der Waals surface area contributed by atoms with Crippen molar-refractivity contribution in [3.63, 3.8) is 0 Å². The first-order valence-electron chi connectivity index (χ1n) is 6.61. The number of azide groups is 1. The lowest BCUT2D eigenvalue weighted by Crippen LogP contribution is -2.60. The number of carbonyl (C=O) groups is 3. The second kappa shape index (κ2) is 8.32. The molecule has 0 aromatic carbocycles. The molecule has 1 aliphatic heterocycles. The topological polar surface area (TPSA) is 157 Å². The summed E-state index contributed by atoms with van der Waals surface area (Å²) in [7, 11) is 0. The fraction of sp³-hybridized carbons (Fsp3) is 0.750. The number of ether oxygens (including phenoxy) is 4. The van der Waals surface area contributed by atoms with Crippen molar-refractivity contribution >= 4 is 17.9 Å². The van der Waals surface area contributed by atoms with Gasteiger partial charge in [0.05, 0.1) is 0 Å². The van der Waals surface area contributed by atoms with Gasteiger partial charge >= 0.3 is 17.9 Å². The van der Waals surface area contributed by atoms with Crippen molar-refractivity contribution in [2.24, 2.45) is 5.11 Å². The predicted molar refractivity (Wildman–Crippen MR) is 71.6 cm³/mol. The SMILES string of the molecule is CC(=O)OC[C@@H]1O[C@H](O)[C@H](N=[N+]=[N-])[C@@H](OC(C)=O)[C@H]1OC(C)=O. The van der Waals surface area contributed by atoms with Gasteiger partial charge in [-0.1, -0.05) is 5.11 Å². The Labute approximate surface area is 131 Å². The summed E-state index contributed by atoms with van der Waals surface area (Å²) in [6.45, 7) is 3.01. The summed E-state index contributed by atoms with van der Waals surface area (Å²) in [6.07, 6.45) is -5.26. The number of esters is 3. The molecule has 1 rings (SSSR count). The van der Waals surface area contributed by atoms with Crippen LogP contribution in [0, 0.1) is 0 Å². The van der Waals surface area contributed by atoms with Crippen LogP contribution in [-0.2, 0) is 33.3 Å². The van der Waals surface area contributed by atoms with Crippen LogP contribution in [0.2, 0.25) is 0 Å². The Hall–Kier alpha value is -2.36. The molecule has 0 radical (unpaired) electrons. The molecule has 0 aromatic heterocycles. The average molecular weight is 331 g/mol. The van der Waals surface area contributed by atoms with Crippen LogP contribution in [0.5, 0.6) is 0 Å². The van der Waals surface area contributed by atoms with Gasteiger partial charge in [0.1, 0.15) is 18.8 Å². The van der Waals surface area contributed by atoms with E-state index >= 15 is 0 Å². The monoisotopic (exact) mass is 331 g/mol. The van der Waals surface area contributed by atoms with E-state index in [2.05, 4.69) is 10.0 Å². The van der Waals surface area contributed by atoms with Crippen molar-refractivity contribution in [2.75, 3.05) is 6.61 Å². The molecule has 128 valence electrons. The lowest BCUT2D eigenvalue weighted by atomic mass is 9.97. The Morgan fingerprint density at radius 3 is 2.17 bits per heavy atom. The first-order valence-corrected chi connectivity index (χ1v) is 6.61. The molecule has 1 N–H and O–H groups in total. The highest BCUT2D eigenvalue weighted by molar-refractivity contribution is 5.67. The van der Waals surface area contributed by atoms with Crippen molar-refractivity contribution in [2.45, 2.75) is 51.4 Å². The van der Waals surface area contributed by atoms with E-state index in [-0.39, 0.29) is 6.61 Å². The quantitative estimate of drug-likeness (QED) is 0.239. The Kier molecular flexibility index (Phi) is 6.76. The Morgan fingerprint density at radius 1 is 1.13 bits per heavy atom. The van der Waals surface area contributed by atoms with E-state index < -0.39 is 48.6 Å². The predicted octanol–water partition coefficient (Wildman–Crippen LogP) is -0.191. The van der Waals surface area contributed by atoms with Gasteiger partial charge in [0, 0.05) is 25.7 Å². The molecule has 0 amide bonds. The number of carbonyl (C=O) groups excluding carboxylic acids is 3. The van der Waals surface area contributed by atoms with Crippen LogP contribution in [0.4, 0.5) is 0 Å². The fourth-order valence-electron chi connectivity index (χ4n) is 2.08. The molecule has 0 saturated carbocycles. The third-order valence-corrected chi connectivity index (χ3v) is 2.87. The van der Waals surface area contributed by atoms with E-state index in [1.807, 2.05) is 0 Å². The molecule has 1 heterocycles. The van der Waals surface area contributed by atoms with Crippen LogP contribution >= 0.6 is 0 Å². The normalized spacial score (nSPS) is 29.8. The molecule has 0 unspecified atom stereocenters. The van der Waals surface area contributed by atoms with Crippen molar-refractivity contribution in [3.8, 4) is 0 Å². The van der Waals surface area contributed by atoms with Crippen LogP contribution in [0.1, 0.15) is 20.8 Å². The molecule has 23 heavy (non-hydrogen) atoms. The Bertz CT molecular complexity index is 518. The van der Waals surface area contributed by atoms with Gasteiger partial charge in [0.25, 0.3) is 0 Å². The fourth-order valence-corrected chi connectivity index (χ4v) is 2.08. The molecule has 1 saturated heterocycles. The number of aliphatic hydroxyl groups is 1. The minimum atomic E-state index is -1.64. The molecule has 0 aromatic rings. The van der Waals surface area contributed by atoms with E-state index in [1.165, 1.54) is 0 Å². The van der Waals surface area contributed by atoms with Gasteiger partial charge in [0.15, 0.2) is 18.5 Å². The molecule has 0 aliphatic carbocycles. The number of hydrogen-bond acceptors (Lipinski definition) is 9. The third kappa shape index (κ3) is 5.40. The van der Waals surface area contributed by atoms with E-state index in [9.17, 15) is 19.5 Å². The maximum absolute atomic E-state index is 11.3. The van der Waals surface area contributed by atoms with Gasteiger partial charge in [-0.05, 0) is 5.53 Å². The van der Waals surface area contributed by atoms with Crippen molar-refractivity contribution < 1.29 is 38.4 Å². The standard InChI is InChI=1S/C12H17N3O8/c1-5(16)20-4-8-10(21-6(2)17)11(22-7(3)18)9(14-15-13)12(19)23-8/h8-12,19H,4H2,1-3H3/t8-,9+,10-,11+,12-/m0/s1.